The number of nitrogens with zero attached hydrogens (tertiary/aromatic N) is 1. The number of benzene rings is 1. The largest absolute Gasteiger partial charge is 0.490 e. The van der Waals surface area contributed by atoms with E-state index in [0.717, 1.165) is 5.56 Å². The molecule has 1 aromatic rings. The van der Waals surface area contributed by atoms with E-state index in [2.05, 4.69) is 17.2 Å². The molecule has 134 valence electrons. The van der Waals surface area contributed by atoms with Gasteiger partial charge in [0, 0.05) is 18.8 Å². The minimum Gasteiger partial charge on any atom is -0.490 e. The Morgan fingerprint density at radius 2 is 2.08 bits per heavy atom. The van der Waals surface area contributed by atoms with Gasteiger partial charge in [-0.15, -0.1) is 0 Å². The maximum atomic E-state index is 13.0. The highest BCUT2D eigenvalue weighted by Gasteiger charge is 2.33. The summed E-state index contributed by atoms with van der Waals surface area (Å²) in [5.41, 5.74) is 1.92. The number of carbonyl (C=O) groups excluding carboxylic acids is 2. The van der Waals surface area contributed by atoms with E-state index in [0.29, 0.717) is 36.7 Å². The molecule has 0 aliphatic carbocycles. The standard InChI is InChI=1S/C19H25N3O3/c1-5-11-25-15-10-8-9-14(12-15)17-16(13(4)20-19(24)21-17)18(23)22(6-2)7-3/h5,8-10,12,17H,1,6-7,11H2,2-4H3,(H2,20,21,24)/t17-/m1/s1. The zero-order valence-corrected chi connectivity index (χ0v) is 15.0. The second kappa shape index (κ2) is 8.37. The van der Waals surface area contributed by atoms with Gasteiger partial charge in [0.2, 0.25) is 0 Å². The van der Waals surface area contributed by atoms with Gasteiger partial charge in [-0.3, -0.25) is 4.79 Å². The van der Waals surface area contributed by atoms with E-state index in [9.17, 15) is 9.59 Å². The van der Waals surface area contributed by atoms with Crippen molar-refractivity contribution in [3.05, 3.63) is 53.8 Å². The van der Waals surface area contributed by atoms with E-state index in [4.69, 9.17) is 4.74 Å². The van der Waals surface area contributed by atoms with Crippen molar-refractivity contribution in [2.75, 3.05) is 19.7 Å². The average molecular weight is 343 g/mol. The van der Waals surface area contributed by atoms with E-state index < -0.39 is 6.04 Å². The maximum Gasteiger partial charge on any atom is 0.319 e. The number of likely N-dealkylation sites (N-methyl/N-ethyl adjacent to an activating group) is 1. The molecule has 6 heteroatoms. The zero-order chi connectivity index (χ0) is 18.4. The highest BCUT2D eigenvalue weighted by Crippen LogP contribution is 2.30. The first kappa shape index (κ1) is 18.6. The summed E-state index contributed by atoms with van der Waals surface area (Å²) in [6.45, 7) is 10.9. The summed E-state index contributed by atoms with van der Waals surface area (Å²) in [5, 5.41) is 5.55. The van der Waals surface area contributed by atoms with Crippen LogP contribution in [0.15, 0.2) is 48.2 Å². The molecule has 0 bridgehead atoms. The van der Waals surface area contributed by atoms with Crippen molar-refractivity contribution >= 4 is 11.9 Å². The van der Waals surface area contributed by atoms with Crippen molar-refractivity contribution in [1.82, 2.24) is 15.5 Å². The van der Waals surface area contributed by atoms with Gasteiger partial charge < -0.3 is 20.3 Å². The molecule has 0 spiro atoms. The molecule has 3 amide bonds. The van der Waals surface area contributed by atoms with Crippen LogP contribution in [0.3, 0.4) is 0 Å². The molecular formula is C19H25N3O3. The van der Waals surface area contributed by atoms with Crippen LogP contribution in [-0.2, 0) is 4.79 Å². The molecule has 0 aromatic heterocycles. The number of amides is 3. The average Bonchev–Trinajstić information content (AvgIpc) is 2.60. The summed E-state index contributed by atoms with van der Waals surface area (Å²) in [4.78, 5) is 26.7. The van der Waals surface area contributed by atoms with Crippen molar-refractivity contribution < 1.29 is 14.3 Å². The summed E-state index contributed by atoms with van der Waals surface area (Å²) in [6, 6.07) is 6.54. The lowest BCUT2D eigenvalue weighted by atomic mass is 9.94. The van der Waals surface area contributed by atoms with Gasteiger partial charge in [0.05, 0.1) is 11.6 Å². The number of nitrogens with one attached hydrogen (secondary N) is 2. The SMILES string of the molecule is C=CCOc1cccc([C@H]2NC(=O)NC(C)=C2C(=O)N(CC)CC)c1. The molecule has 2 N–H and O–H groups in total. The van der Waals surface area contributed by atoms with E-state index in [1.165, 1.54) is 0 Å². The molecule has 1 aliphatic heterocycles. The Labute approximate surface area is 148 Å². The van der Waals surface area contributed by atoms with Gasteiger partial charge in [-0.2, -0.15) is 0 Å². The fourth-order valence-electron chi connectivity index (χ4n) is 2.85. The highest BCUT2D eigenvalue weighted by atomic mass is 16.5. The first-order chi connectivity index (χ1) is 12.0. The lowest BCUT2D eigenvalue weighted by Crippen LogP contribution is -2.47. The Bertz CT molecular complexity index is 693. The summed E-state index contributed by atoms with van der Waals surface area (Å²) in [7, 11) is 0. The van der Waals surface area contributed by atoms with E-state index in [1.54, 1.807) is 17.9 Å². The Balaban J connectivity index is 2.42. The quantitative estimate of drug-likeness (QED) is 0.748. The van der Waals surface area contributed by atoms with Gasteiger partial charge in [-0.1, -0.05) is 24.8 Å². The van der Waals surface area contributed by atoms with Gasteiger partial charge in [-0.25, -0.2) is 4.79 Å². The lowest BCUT2D eigenvalue weighted by molar-refractivity contribution is -0.127. The van der Waals surface area contributed by atoms with Crippen molar-refractivity contribution in [3.63, 3.8) is 0 Å². The topological polar surface area (TPSA) is 70.7 Å². The molecule has 1 aliphatic rings. The number of carbonyl (C=O) groups is 2. The molecule has 1 heterocycles. The molecule has 0 saturated carbocycles. The fraction of sp³-hybridized carbons (Fsp3) is 0.368. The highest BCUT2D eigenvalue weighted by molar-refractivity contribution is 5.98. The van der Waals surface area contributed by atoms with Crippen LogP contribution in [0.4, 0.5) is 4.79 Å². The normalized spacial score (nSPS) is 16.8. The van der Waals surface area contributed by atoms with Gasteiger partial charge >= 0.3 is 6.03 Å². The molecule has 1 aromatic carbocycles. The third-order valence-corrected chi connectivity index (χ3v) is 4.11. The monoisotopic (exact) mass is 343 g/mol. The van der Waals surface area contributed by atoms with Gasteiger partial charge in [0.15, 0.2) is 0 Å². The van der Waals surface area contributed by atoms with Gasteiger partial charge in [0.25, 0.3) is 5.91 Å². The van der Waals surface area contributed by atoms with Crippen molar-refractivity contribution in [2.24, 2.45) is 0 Å². The molecule has 1 atom stereocenters. The summed E-state index contributed by atoms with van der Waals surface area (Å²) >= 11 is 0. The number of rotatable bonds is 7. The smallest absolute Gasteiger partial charge is 0.319 e. The van der Waals surface area contributed by atoms with Crippen molar-refractivity contribution in [1.29, 1.82) is 0 Å². The summed E-state index contributed by atoms with van der Waals surface area (Å²) in [5.74, 6) is 0.579. The third-order valence-electron chi connectivity index (χ3n) is 4.11. The molecule has 0 fully saturated rings. The molecule has 2 rings (SSSR count). The molecular weight excluding hydrogens is 318 g/mol. The number of hydrogen-bond acceptors (Lipinski definition) is 3. The molecule has 0 unspecified atom stereocenters. The van der Waals surface area contributed by atoms with E-state index in [1.807, 2.05) is 38.1 Å². The van der Waals surface area contributed by atoms with Crippen LogP contribution in [0.1, 0.15) is 32.4 Å². The Hall–Kier alpha value is -2.76. The first-order valence-corrected chi connectivity index (χ1v) is 8.43. The third kappa shape index (κ3) is 4.21. The van der Waals surface area contributed by atoms with Crippen LogP contribution in [0, 0.1) is 0 Å². The van der Waals surface area contributed by atoms with Gasteiger partial charge in [0.1, 0.15) is 12.4 Å². The summed E-state index contributed by atoms with van der Waals surface area (Å²) in [6.07, 6.45) is 1.67. The van der Waals surface area contributed by atoms with Crippen LogP contribution < -0.4 is 15.4 Å². The zero-order valence-electron chi connectivity index (χ0n) is 15.0. The number of hydrogen-bond donors (Lipinski definition) is 2. The minimum absolute atomic E-state index is 0.0857. The lowest BCUT2D eigenvalue weighted by Gasteiger charge is -2.31. The predicted molar refractivity (Wildman–Crippen MR) is 97.2 cm³/mol. The van der Waals surface area contributed by atoms with Crippen LogP contribution in [0.25, 0.3) is 0 Å². The Morgan fingerprint density at radius 1 is 1.36 bits per heavy atom. The summed E-state index contributed by atoms with van der Waals surface area (Å²) < 4.78 is 5.57. The van der Waals surface area contributed by atoms with E-state index in [-0.39, 0.29) is 11.9 Å². The molecule has 25 heavy (non-hydrogen) atoms. The van der Waals surface area contributed by atoms with Crippen LogP contribution in [-0.4, -0.2) is 36.5 Å². The van der Waals surface area contributed by atoms with Crippen LogP contribution >= 0.6 is 0 Å². The first-order valence-electron chi connectivity index (χ1n) is 8.43. The Morgan fingerprint density at radius 3 is 2.72 bits per heavy atom. The predicted octanol–water partition coefficient (Wildman–Crippen LogP) is 2.75. The number of urea groups is 1. The van der Waals surface area contributed by atoms with Crippen molar-refractivity contribution in [3.8, 4) is 5.75 Å². The molecule has 0 saturated heterocycles. The molecule has 6 nitrogen and oxygen atoms in total. The second-order valence-electron chi connectivity index (χ2n) is 5.72. The fourth-order valence-corrected chi connectivity index (χ4v) is 2.85. The number of ether oxygens (including phenoxy) is 1. The molecule has 0 radical (unpaired) electrons. The van der Waals surface area contributed by atoms with E-state index >= 15 is 0 Å². The Kier molecular flexibility index (Phi) is 6.22. The van der Waals surface area contributed by atoms with Gasteiger partial charge in [-0.05, 0) is 38.5 Å². The second-order valence-corrected chi connectivity index (χ2v) is 5.72. The van der Waals surface area contributed by atoms with Crippen molar-refractivity contribution in [2.45, 2.75) is 26.8 Å². The van der Waals surface area contributed by atoms with Crippen LogP contribution in [0.5, 0.6) is 5.75 Å². The van der Waals surface area contributed by atoms with Crippen LogP contribution in [0.2, 0.25) is 0 Å². The maximum absolute atomic E-state index is 13.0. The minimum atomic E-state index is -0.519. The number of allylic oxidation sites excluding steroid dienone is 1.